The fourth-order valence-corrected chi connectivity index (χ4v) is 2.81. The maximum Gasteiger partial charge on any atom is 0.0555 e. The highest BCUT2D eigenvalue weighted by atomic mass is 32.1. The summed E-state index contributed by atoms with van der Waals surface area (Å²) in [5, 5.41) is 2.09. The molecule has 2 N–H and O–H groups in total. The third kappa shape index (κ3) is 4.46. The van der Waals surface area contributed by atoms with Crippen LogP contribution in [0.15, 0.2) is 35.8 Å². The topological polar surface area (TPSA) is 42.2 Å². The van der Waals surface area contributed by atoms with Gasteiger partial charge in [0.2, 0.25) is 0 Å². The van der Waals surface area contributed by atoms with Crippen molar-refractivity contribution in [3.8, 4) is 11.8 Å². The highest BCUT2D eigenvalue weighted by Crippen LogP contribution is 2.17. The van der Waals surface area contributed by atoms with Crippen LogP contribution in [0.25, 0.3) is 0 Å². The van der Waals surface area contributed by atoms with Crippen molar-refractivity contribution in [2.24, 2.45) is 5.73 Å². The average molecular weight is 285 g/mol. The quantitative estimate of drug-likeness (QED) is 0.856. The molecule has 0 aromatic carbocycles. The number of nitrogens with two attached hydrogens (primary N) is 1. The van der Waals surface area contributed by atoms with E-state index in [1.54, 1.807) is 11.3 Å². The van der Waals surface area contributed by atoms with Crippen molar-refractivity contribution in [3.05, 3.63) is 52.0 Å². The van der Waals surface area contributed by atoms with E-state index >= 15 is 0 Å². The Morgan fingerprint density at radius 1 is 1.35 bits per heavy atom. The summed E-state index contributed by atoms with van der Waals surface area (Å²) < 4.78 is 0. The van der Waals surface area contributed by atoms with Crippen molar-refractivity contribution >= 4 is 11.3 Å². The number of pyridine rings is 1. The maximum absolute atomic E-state index is 5.42. The van der Waals surface area contributed by atoms with Gasteiger partial charge < -0.3 is 10.6 Å². The van der Waals surface area contributed by atoms with Gasteiger partial charge in [-0.1, -0.05) is 17.9 Å². The maximum atomic E-state index is 5.42. The number of rotatable bonds is 5. The van der Waals surface area contributed by atoms with Crippen molar-refractivity contribution in [2.45, 2.75) is 13.0 Å². The number of thiophene rings is 1. The summed E-state index contributed by atoms with van der Waals surface area (Å²) in [5.74, 6) is 6.05. The predicted molar refractivity (Wildman–Crippen MR) is 84.5 cm³/mol. The van der Waals surface area contributed by atoms with Crippen molar-refractivity contribution in [1.29, 1.82) is 0 Å². The fourth-order valence-electron chi connectivity index (χ4n) is 1.90. The summed E-state index contributed by atoms with van der Waals surface area (Å²) in [7, 11) is 2.13. The molecule has 0 fully saturated rings. The molecule has 0 saturated carbocycles. The van der Waals surface area contributed by atoms with Crippen LogP contribution in [0.5, 0.6) is 0 Å². The van der Waals surface area contributed by atoms with Crippen LogP contribution in [-0.4, -0.2) is 30.0 Å². The molecule has 104 valence electrons. The van der Waals surface area contributed by atoms with Crippen molar-refractivity contribution in [3.63, 3.8) is 0 Å². The lowest BCUT2D eigenvalue weighted by atomic mass is 10.2. The van der Waals surface area contributed by atoms with Gasteiger partial charge in [0.05, 0.1) is 6.54 Å². The first-order valence-corrected chi connectivity index (χ1v) is 7.51. The monoisotopic (exact) mass is 285 g/mol. The zero-order valence-corrected chi connectivity index (χ0v) is 12.5. The molecule has 0 aliphatic heterocycles. The summed E-state index contributed by atoms with van der Waals surface area (Å²) in [4.78, 5) is 7.95. The van der Waals surface area contributed by atoms with E-state index in [2.05, 4.69) is 46.3 Å². The van der Waals surface area contributed by atoms with Crippen LogP contribution in [0.2, 0.25) is 0 Å². The van der Waals surface area contributed by atoms with Crippen LogP contribution in [0.4, 0.5) is 0 Å². The number of hydrogen-bond donors (Lipinski definition) is 1. The molecule has 4 heteroatoms. The van der Waals surface area contributed by atoms with Crippen LogP contribution >= 0.6 is 11.3 Å². The van der Waals surface area contributed by atoms with Gasteiger partial charge in [-0.2, -0.15) is 0 Å². The number of likely N-dealkylation sites (N-methyl/N-ethyl adjacent to an activating group) is 1. The second-order valence-corrected chi connectivity index (χ2v) is 5.57. The van der Waals surface area contributed by atoms with Crippen LogP contribution < -0.4 is 5.73 Å². The first kappa shape index (κ1) is 14.7. The molecule has 0 unspecified atom stereocenters. The van der Waals surface area contributed by atoms with E-state index in [-0.39, 0.29) is 0 Å². The Morgan fingerprint density at radius 2 is 2.25 bits per heavy atom. The Labute approximate surface area is 124 Å². The molecule has 2 aromatic heterocycles. The molecular weight excluding hydrogens is 266 g/mol. The normalized spacial score (nSPS) is 10.3. The highest BCUT2D eigenvalue weighted by Gasteiger charge is 2.06. The SMILES string of the molecule is CN(CCc1ccccn1)Cc1sccc1C#CCN. The van der Waals surface area contributed by atoms with Gasteiger partial charge in [0.15, 0.2) is 0 Å². The zero-order valence-electron chi connectivity index (χ0n) is 11.7. The van der Waals surface area contributed by atoms with Crippen molar-refractivity contribution in [2.75, 3.05) is 20.1 Å². The third-order valence-electron chi connectivity index (χ3n) is 2.96. The molecule has 0 spiro atoms. The van der Waals surface area contributed by atoms with Crippen molar-refractivity contribution in [1.82, 2.24) is 9.88 Å². The van der Waals surface area contributed by atoms with E-state index in [9.17, 15) is 0 Å². The first-order valence-electron chi connectivity index (χ1n) is 6.63. The van der Waals surface area contributed by atoms with Crippen molar-refractivity contribution < 1.29 is 0 Å². The molecule has 0 aliphatic rings. The largest absolute Gasteiger partial charge is 0.320 e. The Balaban J connectivity index is 1.88. The Morgan fingerprint density at radius 3 is 3.00 bits per heavy atom. The van der Waals surface area contributed by atoms with Crippen LogP contribution in [0.1, 0.15) is 16.1 Å². The van der Waals surface area contributed by atoms with Gasteiger partial charge in [0.25, 0.3) is 0 Å². The zero-order chi connectivity index (χ0) is 14.2. The molecule has 0 amide bonds. The molecular formula is C16H19N3S. The Bertz CT molecular complexity index is 581. The summed E-state index contributed by atoms with van der Waals surface area (Å²) >= 11 is 1.75. The van der Waals surface area contributed by atoms with Gasteiger partial charge in [0.1, 0.15) is 0 Å². The van der Waals surface area contributed by atoms with E-state index in [1.807, 2.05) is 18.3 Å². The molecule has 2 heterocycles. The summed E-state index contributed by atoms with van der Waals surface area (Å²) in [6.07, 6.45) is 2.81. The van der Waals surface area contributed by atoms with Gasteiger partial charge in [-0.15, -0.1) is 11.3 Å². The lowest BCUT2D eigenvalue weighted by Crippen LogP contribution is -2.20. The number of aromatic nitrogens is 1. The van der Waals surface area contributed by atoms with E-state index < -0.39 is 0 Å². The summed E-state index contributed by atoms with van der Waals surface area (Å²) in [6, 6.07) is 8.11. The standard InChI is InChI=1S/C16H19N3S/c1-19(11-7-15-6-2-3-10-18-15)13-16-14(5-4-9-17)8-12-20-16/h2-3,6,8,10,12H,7,9,11,13,17H2,1H3. The summed E-state index contributed by atoms with van der Waals surface area (Å²) in [6.45, 7) is 2.31. The lowest BCUT2D eigenvalue weighted by molar-refractivity contribution is 0.332. The van der Waals surface area contributed by atoms with E-state index in [0.717, 1.165) is 30.8 Å². The minimum absolute atomic E-state index is 0.408. The smallest absolute Gasteiger partial charge is 0.0555 e. The van der Waals surface area contributed by atoms with E-state index in [0.29, 0.717) is 6.54 Å². The average Bonchev–Trinajstić information content (AvgIpc) is 2.91. The minimum atomic E-state index is 0.408. The minimum Gasteiger partial charge on any atom is -0.320 e. The highest BCUT2D eigenvalue weighted by molar-refractivity contribution is 7.10. The van der Waals surface area contributed by atoms with Gasteiger partial charge in [0, 0.05) is 41.8 Å². The van der Waals surface area contributed by atoms with Gasteiger partial charge in [-0.05, 0) is 30.6 Å². The molecule has 2 aromatic rings. The second-order valence-electron chi connectivity index (χ2n) is 4.57. The van der Waals surface area contributed by atoms with Crippen LogP contribution in [-0.2, 0) is 13.0 Å². The van der Waals surface area contributed by atoms with Gasteiger partial charge in [-0.3, -0.25) is 4.98 Å². The summed E-state index contributed by atoms with van der Waals surface area (Å²) in [5.41, 5.74) is 7.66. The fraction of sp³-hybridized carbons (Fsp3) is 0.312. The molecule has 0 aliphatic carbocycles. The first-order chi connectivity index (χ1) is 9.79. The van der Waals surface area contributed by atoms with Gasteiger partial charge >= 0.3 is 0 Å². The van der Waals surface area contributed by atoms with Gasteiger partial charge in [-0.25, -0.2) is 0 Å². The number of nitrogens with zero attached hydrogens (tertiary/aromatic N) is 2. The molecule has 0 bridgehead atoms. The van der Waals surface area contributed by atoms with E-state index in [1.165, 1.54) is 4.88 Å². The molecule has 3 nitrogen and oxygen atoms in total. The number of hydrogen-bond acceptors (Lipinski definition) is 4. The second kappa shape index (κ2) is 7.81. The molecule has 0 radical (unpaired) electrons. The molecule has 0 atom stereocenters. The molecule has 20 heavy (non-hydrogen) atoms. The Kier molecular flexibility index (Phi) is 5.75. The molecule has 0 saturated heterocycles. The lowest BCUT2D eigenvalue weighted by Gasteiger charge is -2.15. The van der Waals surface area contributed by atoms with Crippen LogP contribution in [0, 0.1) is 11.8 Å². The third-order valence-corrected chi connectivity index (χ3v) is 3.87. The van der Waals surface area contributed by atoms with Crippen LogP contribution in [0.3, 0.4) is 0 Å². The van der Waals surface area contributed by atoms with E-state index in [4.69, 9.17) is 5.73 Å². The predicted octanol–water partition coefficient (Wildman–Crippen LogP) is 2.13. The Hall–Kier alpha value is -1.67. The molecule has 2 rings (SSSR count).